The highest BCUT2D eigenvalue weighted by Crippen LogP contribution is 2.48. The Balaban J connectivity index is 1.33. The Morgan fingerprint density at radius 1 is 1.02 bits per heavy atom. The van der Waals surface area contributed by atoms with Gasteiger partial charge in [0.1, 0.15) is 22.8 Å². The molecule has 0 unspecified atom stereocenters. The zero-order chi connectivity index (χ0) is 29.6. The first kappa shape index (κ1) is 27.7. The quantitative estimate of drug-likeness (QED) is 0.236. The van der Waals surface area contributed by atoms with E-state index in [0.29, 0.717) is 59.6 Å². The van der Waals surface area contributed by atoms with E-state index in [1.165, 1.54) is 0 Å². The van der Waals surface area contributed by atoms with Gasteiger partial charge in [0.05, 0.1) is 38.2 Å². The number of hydrogen-bond donors (Lipinski definition) is 3. The molecular weight excluding hydrogens is 534 g/mol. The van der Waals surface area contributed by atoms with Gasteiger partial charge in [-0.2, -0.15) is 4.52 Å². The van der Waals surface area contributed by atoms with Gasteiger partial charge in [-0.1, -0.05) is 12.1 Å². The van der Waals surface area contributed by atoms with Crippen LogP contribution in [0.25, 0.3) is 16.6 Å². The van der Waals surface area contributed by atoms with Crippen LogP contribution in [0, 0.1) is 0 Å². The lowest BCUT2D eigenvalue weighted by Gasteiger charge is -2.43. The molecule has 0 atom stereocenters. The number of nitrogens with zero attached hydrogens (tertiary/aromatic N) is 5. The van der Waals surface area contributed by atoms with Crippen LogP contribution in [0.2, 0.25) is 0 Å². The zero-order valence-electron chi connectivity index (χ0n) is 24.4. The fourth-order valence-corrected chi connectivity index (χ4v) is 5.51. The zero-order valence-corrected chi connectivity index (χ0v) is 24.4. The number of fused-ring (bicyclic) bond motifs is 3. The van der Waals surface area contributed by atoms with Crippen LogP contribution in [0.5, 0.6) is 17.2 Å². The van der Waals surface area contributed by atoms with Crippen molar-refractivity contribution >= 4 is 22.5 Å². The van der Waals surface area contributed by atoms with Crippen molar-refractivity contribution in [1.29, 1.82) is 0 Å². The largest absolute Gasteiger partial charge is 0.497 e. The average Bonchev–Trinajstić information content (AvgIpc) is 3.43. The first-order valence-electron chi connectivity index (χ1n) is 13.8. The molecule has 3 heterocycles. The van der Waals surface area contributed by atoms with Gasteiger partial charge in [0.2, 0.25) is 5.95 Å². The summed E-state index contributed by atoms with van der Waals surface area (Å²) in [6, 6.07) is 15.2. The fourth-order valence-electron chi connectivity index (χ4n) is 5.51. The number of benzene rings is 2. The Labute approximate surface area is 243 Å². The van der Waals surface area contributed by atoms with Gasteiger partial charge >= 0.3 is 0 Å². The van der Waals surface area contributed by atoms with E-state index in [1.807, 2.05) is 48.5 Å². The molecule has 218 valence electrons. The Morgan fingerprint density at radius 3 is 2.48 bits per heavy atom. The van der Waals surface area contributed by atoms with Crippen LogP contribution in [0.4, 0.5) is 5.95 Å². The molecule has 0 radical (unpaired) electrons. The highest BCUT2D eigenvalue weighted by Gasteiger charge is 2.46. The molecule has 11 nitrogen and oxygen atoms in total. The van der Waals surface area contributed by atoms with Crippen molar-refractivity contribution in [3.8, 4) is 17.2 Å². The van der Waals surface area contributed by atoms with Gasteiger partial charge in [-0.25, -0.2) is 9.97 Å². The normalized spacial score (nSPS) is 18.6. The van der Waals surface area contributed by atoms with Crippen LogP contribution in [0.1, 0.15) is 55.3 Å². The predicted octanol–water partition coefficient (Wildman–Crippen LogP) is 4.27. The number of methoxy groups -OCH3 is 3. The van der Waals surface area contributed by atoms with Crippen LogP contribution >= 0.6 is 0 Å². The molecule has 1 aliphatic rings. The maximum atomic E-state index is 10.3. The van der Waals surface area contributed by atoms with Crippen molar-refractivity contribution in [3.63, 3.8) is 0 Å². The summed E-state index contributed by atoms with van der Waals surface area (Å²) in [5.74, 6) is 3.35. The van der Waals surface area contributed by atoms with Gasteiger partial charge in [-0.3, -0.25) is 4.98 Å². The third-order valence-electron chi connectivity index (χ3n) is 8.00. The lowest BCUT2D eigenvalue weighted by Crippen LogP contribution is -2.48. The molecule has 0 aliphatic heterocycles. The molecule has 3 aromatic heterocycles. The lowest BCUT2D eigenvalue weighted by molar-refractivity contribution is 0.0780. The summed E-state index contributed by atoms with van der Waals surface area (Å²) < 4.78 is 18.3. The number of para-hydroxylation sites is 1. The molecule has 11 heteroatoms. The van der Waals surface area contributed by atoms with Crippen molar-refractivity contribution in [3.05, 3.63) is 77.4 Å². The molecule has 6 rings (SSSR count). The third-order valence-corrected chi connectivity index (χ3v) is 8.00. The molecule has 0 spiro atoms. The summed E-state index contributed by atoms with van der Waals surface area (Å²) in [4.78, 5) is 14.5. The van der Waals surface area contributed by atoms with Crippen LogP contribution in [0.15, 0.2) is 54.7 Å². The number of nitrogens with one attached hydrogen (secondary N) is 1. The van der Waals surface area contributed by atoms with Gasteiger partial charge in [0.15, 0.2) is 11.5 Å². The molecule has 1 saturated carbocycles. The second kappa shape index (κ2) is 10.4. The molecule has 5 aromatic rings. The summed E-state index contributed by atoms with van der Waals surface area (Å²) in [5, 5.41) is 19.4. The summed E-state index contributed by atoms with van der Waals surface area (Å²) >= 11 is 0. The predicted molar refractivity (Wildman–Crippen MR) is 159 cm³/mol. The summed E-state index contributed by atoms with van der Waals surface area (Å²) in [7, 11) is 4.88. The highest BCUT2D eigenvalue weighted by atomic mass is 16.5. The maximum Gasteiger partial charge on any atom is 0.226 e. The van der Waals surface area contributed by atoms with E-state index >= 15 is 0 Å². The van der Waals surface area contributed by atoms with Gasteiger partial charge < -0.3 is 30.4 Å². The number of aromatic nitrogens is 5. The molecule has 0 amide bonds. The number of aliphatic hydroxyl groups is 1. The Hall–Kier alpha value is -4.48. The summed E-state index contributed by atoms with van der Waals surface area (Å²) in [6.07, 6.45) is 3.00. The third kappa shape index (κ3) is 4.84. The molecule has 0 bridgehead atoms. The highest BCUT2D eigenvalue weighted by molar-refractivity contribution is 5.96. The minimum atomic E-state index is -0.959. The molecule has 42 heavy (non-hydrogen) atoms. The SMILES string of the molecule is COc1ccc(CNc2nc3c(OC)cccc3c3nc([C@H]4C[C@@](N)(c5ccc(C(C)(C)O)cn5)C4)nn23)c(OC)c1. The van der Waals surface area contributed by atoms with Crippen LogP contribution in [-0.4, -0.2) is 51.0 Å². The van der Waals surface area contributed by atoms with Crippen molar-refractivity contribution in [2.45, 2.75) is 50.3 Å². The number of hydrogen-bond acceptors (Lipinski definition) is 10. The topological polar surface area (TPSA) is 142 Å². The summed E-state index contributed by atoms with van der Waals surface area (Å²) in [6.45, 7) is 3.91. The number of ether oxygens (including phenoxy) is 3. The van der Waals surface area contributed by atoms with E-state index in [2.05, 4.69) is 10.3 Å². The van der Waals surface area contributed by atoms with Crippen LogP contribution in [-0.2, 0) is 17.7 Å². The lowest BCUT2D eigenvalue weighted by atomic mass is 9.66. The van der Waals surface area contributed by atoms with E-state index in [4.69, 9.17) is 35.0 Å². The van der Waals surface area contributed by atoms with Gasteiger partial charge in [-0.15, -0.1) is 5.10 Å². The van der Waals surface area contributed by atoms with E-state index in [1.54, 1.807) is 45.9 Å². The molecule has 0 saturated heterocycles. The minimum Gasteiger partial charge on any atom is -0.497 e. The van der Waals surface area contributed by atoms with E-state index in [0.717, 1.165) is 22.2 Å². The van der Waals surface area contributed by atoms with Gasteiger partial charge in [0, 0.05) is 41.2 Å². The maximum absolute atomic E-state index is 10.3. The first-order valence-corrected chi connectivity index (χ1v) is 13.8. The molecule has 4 N–H and O–H groups in total. The van der Waals surface area contributed by atoms with Gasteiger partial charge in [0.25, 0.3) is 0 Å². The summed E-state index contributed by atoms with van der Waals surface area (Å²) in [5.41, 5.74) is 9.07. The standard InChI is InChI=1S/C31H35N7O4/c1-30(2,39)20-10-12-25(33-17-20)31(32)14-19(15-31)27-36-28-22-7-6-8-23(41-4)26(22)35-29(38(28)37-27)34-16-18-9-11-21(40-3)13-24(18)42-5/h6-13,17,19,39H,14-16,32H2,1-5H3,(H,34,35)/t19-,31-. The molecule has 1 aliphatic carbocycles. The number of pyridine rings is 1. The van der Waals surface area contributed by atoms with Crippen molar-refractivity contribution < 1.29 is 19.3 Å². The van der Waals surface area contributed by atoms with Gasteiger partial charge in [-0.05, 0) is 57.0 Å². The van der Waals surface area contributed by atoms with Crippen LogP contribution in [0.3, 0.4) is 0 Å². The number of anilines is 1. The number of nitrogens with two attached hydrogens (primary N) is 1. The smallest absolute Gasteiger partial charge is 0.226 e. The molecular formula is C31H35N7O4. The minimum absolute atomic E-state index is 0.0563. The van der Waals surface area contributed by atoms with E-state index in [9.17, 15) is 5.11 Å². The Kier molecular flexibility index (Phi) is 6.86. The fraction of sp³-hybridized carbons (Fsp3) is 0.355. The monoisotopic (exact) mass is 569 g/mol. The Bertz CT molecular complexity index is 1760. The van der Waals surface area contributed by atoms with Crippen molar-refractivity contribution in [1.82, 2.24) is 24.6 Å². The Morgan fingerprint density at radius 2 is 1.81 bits per heavy atom. The first-order chi connectivity index (χ1) is 20.1. The van der Waals surface area contributed by atoms with Crippen LogP contribution < -0.4 is 25.3 Å². The van der Waals surface area contributed by atoms with E-state index < -0.39 is 11.1 Å². The van der Waals surface area contributed by atoms with Crippen molar-refractivity contribution in [2.75, 3.05) is 26.6 Å². The molecule has 2 aromatic carbocycles. The second-order valence-corrected chi connectivity index (χ2v) is 11.3. The van der Waals surface area contributed by atoms with E-state index in [-0.39, 0.29) is 5.92 Å². The number of rotatable bonds is 9. The second-order valence-electron chi connectivity index (χ2n) is 11.3. The molecule has 1 fully saturated rings. The average molecular weight is 570 g/mol. The van der Waals surface area contributed by atoms with Crippen molar-refractivity contribution in [2.24, 2.45) is 5.73 Å².